The first kappa shape index (κ1) is 14.6. The van der Waals surface area contributed by atoms with Crippen molar-refractivity contribution in [1.29, 1.82) is 0 Å². The molecule has 0 fully saturated rings. The van der Waals surface area contributed by atoms with Crippen molar-refractivity contribution in [2.45, 2.75) is 52.4 Å². The molecule has 1 rings (SSSR count). The second-order valence-electron chi connectivity index (χ2n) is 5.48. The molecule has 1 aromatic carbocycles. The van der Waals surface area contributed by atoms with Gasteiger partial charge in [-0.15, -0.1) is 0 Å². The molecule has 0 heterocycles. The van der Waals surface area contributed by atoms with Crippen LogP contribution in [0.1, 0.15) is 34.6 Å². The molecule has 0 spiro atoms. The van der Waals surface area contributed by atoms with Crippen LogP contribution in [0.2, 0.25) is 0 Å². The zero-order valence-electron chi connectivity index (χ0n) is 11.8. The topological polar surface area (TPSA) is 67.5 Å². The smallest absolute Gasteiger partial charge is 0.123 e. The molecule has 0 bridgehead atoms. The molecule has 102 valence electrons. The molecular weight excluding hydrogens is 228 g/mol. The number of rotatable bonds is 5. The molecule has 0 amide bonds. The fourth-order valence-corrected chi connectivity index (χ4v) is 1.51. The largest absolute Gasteiger partial charge is 0.491 e. The van der Waals surface area contributed by atoms with Crippen molar-refractivity contribution in [3.05, 3.63) is 18.2 Å². The van der Waals surface area contributed by atoms with Crippen LogP contribution in [0.15, 0.2) is 18.2 Å². The van der Waals surface area contributed by atoms with Crippen molar-refractivity contribution >= 4 is 11.4 Å². The van der Waals surface area contributed by atoms with E-state index in [1.807, 2.05) is 39.8 Å². The van der Waals surface area contributed by atoms with Gasteiger partial charge in [-0.05, 0) is 40.7 Å². The minimum atomic E-state index is -0.478. The third kappa shape index (κ3) is 4.11. The summed E-state index contributed by atoms with van der Waals surface area (Å²) in [6, 6.07) is 5.51. The van der Waals surface area contributed by atoms with Crippen molar-refractivity contribution in [3.8, 4) is 5.75 Å². The lowest BCUT2D eigenvalue weighted by molar-refractivity contribution is 0.133. The summed E-state index contributed by atoms with van der Waals surface area (Å²) in [5, 5.41) is 13.0. The second-order valence-corrected chi connectivity index (χ2v) is 5.48. The molecule has 0 saturated carbocycles. The molecule has 1 unspecified atom stereocenters. The SMILES string of the molecule is CC(C)Oc1cc(N)cc(NC(C)(C)C(C)O)c1. The first-order valence-electron chi connectivity index (χ1n) is 6.24. The van der Waals surface area contributed by atoms with Gasteiger partial charge in [0.2, 0.25) is 0 Å². The first-order valence-corrected chi connectivity index (χ1v) is 6.24. The van der Waals surface area contributed by atoms with Crippen LogP contribution in [-0.2, 0) is 0 Å². The molecule has 0 aliphatic rings. The summed E-state index contributed by atoms with van der Waals surface area (Å²) in [5.74, 6) is 0.730. The van der Waals surface area contributed by atoms with Crippen molar-refractivity contribution in [2.24, 2.45) is 0 Å². The Labute approximate surface area is 109 Å². The number of anilines is 2. The van der Waals surface area contributed by atoms with Crippen LogP contribution in [0.3, 0.4) is 0 Å². The Bertz CT molecular complexity index is 401. The summed E-state index contributed by atoms with van der Waals surface area (Å²) in [5.41, 5.74) is 6.90. The van der Waals surface area contributed by atoms with Gasteiger partial charge >= 0.3 is 0 Å². The highest BCUT2D eigenvalue weighted by Gasteiger charge is 2.23. The molecule has 1 aromatic rings. The molecule has 18 heavy (non-hydrogen) atoms. The monoisotopic (exact) mass is 252 g/mol. The summed E-state index contributed by atoms with van der Waals surface area (Å²) in [6.45, 7) is 9.56. The van der Waals surface area contributed by atoms with Gasteiger partial charge in [-0.2, -0.15) is 0 Å². The molecule has 4 heteroatoms. The summed E-state index contributed by atoms with van der Waals surface area (Å²) < 4.78 is 5.63. The van der Waals surface area contributed by atoms with Gasteiger partial charge in [0.15, 0.2) is 0 Å². The summed E-state index contributed by atoms with van der Waals surface area (Å²) in [7, 11) is 0. The third-order valence-corrected chi connectivity index (χ3v) is 2.81. The highest BCUT2D eigenvalue weighted by molar-refractivity contribution is 5.60. The van der Waals surface area contributed by atoms with Crippen molar-refractivity contribution in [2.75, 3.05) is 11.1 Å². The summed E-state index contributed by atoms with van der Waals surface area (Å²) in [6.07, 6.45) is -0.377. The lowest BCUT2D eigenvalue weighted by Crippen LogP contribution is -2.41. The Morgan fingerprint density at radius 3 is 2.33 bits per heavy atom. The summed E-state index contributed by atoms with van der Waals surface area (Å²) >= 11 is 0. The standard InChI is InChI=1S/C14H24N2O2/c1-9(2)18-13-7-11(15)6-12(8-13)16-14(4,5)10(3)17/h6-10,16-17H,15H2,1-5H3. The predicted octanol–water partition coefficient (Wildman–Crippen LogP) is 2.63. The van der Waals surface area contributed by atoms with E-state index in [4.69, 9.17) is 10.5 Å². The van der Waals surface area contributed by atoms with E-state index in [0.29, 0.717) is 5.69 Å². The van der Waals surface area contributed by atoms with E-state index in [0.717, 1.165) is 11.4 Å². The fourth-order valence-electron chi connectivity index (χ4n) is 1.51. The maximum atomic E-state index is 9.70. The Morgan fingerprint density at radius 1 is 1.22 bits per heavy atom. The number of aliphatic hydroxyl groups is 1. The van der Waals surface area contributed by atoms with Crippen molar-refractivity contribution in [1.82, 2.24) is 0 Å². The van der Waals surface area contributed by atoms with E-state index in [2.05, 4.69) is 5.32 Å². The van der Waals surface area contributed by atoms with E-state index in [9.17, 15) is 5.11 Å². The Kier molecular flexibility index (Phi) is 4.46. The lowest BCUT2D eigenvalue weighted by Gasteiger charge is -2.31. The Hall–Kier alpha value is -1.42. The zero-order chi connectivity index (χ0) is 13.9. The van der Waals surface area contributed by atoms with E-state index in [1.165, 1.54) is 0 Å². The summed E-state index contributed by atoms with van der Waals surface area (Å²) in [4.78, 5) is 0. The number of nitrogens with one attached hydrogen (secondary N) is 1. The van der Waals surface area contributed by atoms with E-state index < -0.39 is 11.6 Å². The first-order chi connectivity index (χ1) is 8.20. The number of aliphatic hydroxyl groups excluding tert-OH is 1. The maximum absolute atomic E-state index is 9.70. The van der Waals surface area contributed by atoms with E-state index >= 15 is 0 Å². The van der Waals surface area contributed by atoms with Crippen LogP contribution in [-0.4, -0.2) is 22.9 Å². The molecule has 0 radical (unpaired) electrons. The zero-order valence-corrected chi connectivity index (χ0v) is 11.8. The molecule has 1 atom stereocenters. The fraction of sp³-hybridized carbons (Fsp3) is 0.571. The second kappa shape index (κ2) is 5.48. The molecule has 0 aliphatic carbocycles. The average molecular weight is 252 g/mol. The maximum Gasteiger partial charge on any atom is 0.123 e. The number of ether oxygens (including phenoxy) is 1. The number of hydrogen-bond acceptors (Lipinski definition) is 4. The van der Waals surface area contributed by atoms with Crippen LogP contribution in [0.25, 0.3) is 0 Å². The molecular formula is C14H24N2O2. The van der Waals surface area contributed by atoms with Crippen LogP contribution in [0.4, 0.5) is 11.4 Å². The van der Waals surface area contributed by atoms with Crippen LogP contribution >= 0.6 is 0 Å². The molecule has 0 aromatic heterocycles. The predicted molar refractivity (Wildman–Crippen MR) is 76.0 cm³/mol. The average Bonchev–Trinajstić information content (AvgIpc) is 2.13. The highest BCUT2D eigenvalue weighted by Crippen LogP contribution is 2.26. The lowest BCUT2D eigenvalue weighted by atomic mass is 9.98. The van der Waals surface area contributed by atoms with Crippen LogP contribution in [0.5, 0.6) is 5.75 Å². The highest BCUT2D eigenvalue weighted by atomic mass is 16.5. The van der Waals surface area contributed by atoms with Gasteiger partial charge in [0.1, 0.15) is 5.75 Å². The number of hydrogen-bond donors (Lipinski definition) is 3. The van der Waals surface area contributed by atoms with Gasteiger partial charge in [0.25, 0.3) is 0 Å². The van der Waals surface area contributed by atoms with Gasteiger partial charge < -0.3 is 20.9 Å². The van der Waals surface area contributed by atoms with E-state index in [-0.39, 0.29) is 6.10 Å². The van der Waals surface area contributed by atoms with Gasteiger partial charge in [0, 0.05) is 23.5 Å². The molecule has 0 aliphatic heterocycles. The van der Waals surface area contributed by atoms with Crippen LogP contribution < -0.4 is 15.8 Å². The molecule has 4 nitrogen and oxygen atoms in total. The van der Waals surface area contributed by atoms with E-state index in [1.54, 1.807) is 13.0 Å². The number of benzene rings is 1. The third-order valence-electron chi connectivity index (χ3n) is 2.81. The van der Waals surface area contributed by atoms with Crippen molar-refractivity contribution in [3.63, 3.8) is 0 Å². The number of nitrogen functional groups attached to an aromatic ring is 1. The van der Waals surface area contributed by atoms with Gasteiger partial charge in [-0.3, -0.25) is 0 Å². The normalized spacial score (nSPS) is 13.5. The minimum absolute atomic E-state index is 0.101. The number of nitrogens with two attached hydrogens (primary N) is 1. The van der Waals surface area contributed by atoms with Gasteiger partial charge in [-0.1, -0.05) is 0 Å². The van der Waals surface area contributed by atoms with Crippen LogP contribution in [0, 0.1) is 0 Å². The Balaban J connectivity index is 2.93. The molecule has 0 saturated heterocycles. The van der Waals surface area contributed by atoms with Gasteiger partial charge in [0.05, 0.1) is 17.7 Å². The Morgan fingerprint density at radius 2 is 1.83 bits per heavy atom. The minimum Gasteiger partial charge on any atom is -0.491 e. The quantitative estimate of drug-likeness (QED) is 0.705. The van der Waals surface area contributed by atoms with Crippen molar-refractivity contribution < 1.29 is 9.84 Å². The van der Waals surface area contributed by atoms with Gasteiger partial charge in [-0.25, -0.2) is 0 Å². The molecule has 4 N–H and O–H groups in total.